The molecule has 0 saturated heterocycles. The first kappa shape index (κ1) is 24.4. The van der Waals surface area contributed by atoms with E-state index >= 15 is 0 Å². The molecule has 0 aromatic carbocycles. The van der Waals surface area contributed by atoms with Gasteiger partial charge in [0.25, 0.3) is 0 Å². The van der Waals surface area contributed by atoms with E-state index in [2.05, 4.69) is 21.0 Å². The highest BCUT2D eigenvalue weighted by molar-refractivity contribution is 6.00. The molecule has 1 aromatic rings. The molecule has 162 valence electrons. The zero-order valence-corrected chi connectivity index (χ0v) is 15.8. The van der Waals surface area contributed by atoms with E-state index in [0.29, 0.717) is 0 Å². The topological polar surface area (TPSA) is 65.5 Å². The Morgan fingerprint density at radius 3 is 1.62 bits per heavy atom. The Morgan fingerprint density at radius 1 is 0.966 bits per heavy atom. The fraction of sp³-hybridized carbons (Fsp3) is 0.500. The molecule has 1 atom stereocenters. The molecule has 0 aliphatic heterocycles. The first-order valence-electron chi connectivity index (χ1n) is 8.48. The van der Waals surface area contributed by atoms with E-state index in [4.69, 9.17) is 0 Å². The molecular weight excluding hydrogens is 408 g/mol. The molecule has 0 saturated carbocycles. The van der Waals surface area contributed by atoms with Crippen LogP contribution in [-0.4, -0.2) is 30.1 Å². The van der Waals surface area contributed by atoms with Crippen LogP contribution in [0.1, 0.15) is 70.8 Å². The van der Waals surface area contributed by atoms with Crippen LogP contribution in [0.25, 0.3) is 0 Å². The Balaban J connectivity index is 4.21. The van der Waals surface area contributed by atoms with Gasteiger partial charge in [-0.1, -0.05) is 13.0 Å². The van der Waals surface area contributed by atoms with Gasteiger partial charge in [0.2, 0.25) is 0 Å². The zero-order valence-electron chi connectivity index (χ0n) is 15.8. The van der Waals surface area contributed by atoms with Crippen molar-refractivity contribution in [2.45, 2.75) is 45.5 Å². The summed E-state index contributed by atoms with van der Waals surface area (Å²) in [5.74, 6) is -4.22. The Kier molecular flexibility index (Phi) is 7.82. The summed E-state index contributed by atoms with van der Waals surface area (Å²) in [5, 5.41) is 0. The largest absolute Gasteiger partial charge is 0.462 e. The maximum absolute atomic E-state index is 13.6. The van der Waals surface area contributed by atoms with E-state index in [1.165, 1.54) is 26.8 Å². The summed E-state index contributed by atoms with van der Waals surface area (Å²) in [6, 6.07) is 0. The lowest BCUT2D eigenvalue weighted by atomic mass is 9.86. The number of aromatic nitrogens is 1. The van der Waals surface area contributed by atoms with E-state index in [1.807, 2.05) is 0 Å². The van der Waals surface area contributed by atoms with Gasteiger partial charge in [0.05, 0.1) is 24.3 Å². The molecule has 0 spiro atoms. The van der Waals surface area contributed by atoms with Crippen LogP contribution in [0.15, 0.2) is 12.7 Å². The standard InChI is InChI=1S/C18H19F6NO4/c1-5-8-9(4)10-11(15(26)28-6-2)13(17(19,20)21)25-14(18(22,23)24)12(10)16(27)29-7-3/h5,9H,1,6-8H2,2-4H3. The second-order valence-corrected chi connectivity index (χ2v) is 5.83. The molecular formula is C18H19F6NO4. The van der Waals surface area contributed by atoms with Crippen molar-refractivity contribution in [3.05, 3.63) is 40.7 Å². The van der Waals surface area contributed by atoms with Gasteiger partial charge in [-0.05, 0) is 31.7 Å². The van der Waals surface area contributed by atoms with Gasteiger partial charge >= 0.3 is 24.3 Å². The third kappa shape index (κ3) is 5.48. The third-order valence-electron chi connectivity index (χ3n) is 3.75. The minimum absolute atomic E-state index is 0.128. The van der Waals surface area contributed by atoms with E-state index < -0.39 is 58.3 Å². The van der Waals surface area contributed by atoms with Gasteiger partial charge in [-0.15, -0.1) is 6.58 Å². The highest BCUT2D eigenvalue weighted by Crippen LogP contribution is 2.42. The number of ether oxygens (including phenoxy) is 2. The molecule has 0 radical (unpaired) electrons. The molecule has 1 heterocycles. The zero-order chi connectivity index (χ0) is 22.6. The first-order chi connectivity index (χ1) is 13.3. The lowest BCUT2D eigenvalue weighted by Crippen LogP contribution is -2.28. The normalized spacial score (nSPS) is 13.0. The molecule has 0 bridgehead atoms. The number of carbonyl (C=O) groups is 2. The maximum atomic E-state index is 13.6. The number of carbonyl (C=O) groups excluding carboxylic acids is 2. The van der Waals surface area contributed by atoms with Gasteiger partial charge < -0.3 is 9.47 Å². The smallest absolute Gasteiger partial charge is 0.434 e. The van der Waals surface area contributed by atoms with Crippen molar-refractivity contribution in [3.63, 3.8) is 0 Å². The van der Waals surface area contributed by atoms with Crippen molar-refractivity contribution < 1.29 is 45.4 Å². The molecule has 0 aliphatic rings. The number of hydrogen-bond acceptors (Lipinski definition) is 5. The number of rotatable bonds is 7. The summed E-state index contributed by atoms with van der Waals surface area (Å²) in [4.78, 5) is 27.3. The molecule has 0 fully saturated rings. The van der Waals surface area contributed by atoms with Gasteiger partial charge in [-0.3, -0.25) is 0 Å². The Labute approximate surface area is 162 Å². The van der Waals surface area contributed by atoms with E-state index in [0.717, 1.165) is 0 Å². The predicted molar refractivity (Wildman–Crippen MR) is 89.4 cm³/mol. The van der Waals surface area contributed by atoms with Crippen LogP contribution in [0, 0.1) is 0 Å². The average Bonchev–Trinajstić information content (AvgIpc) is 2.58. The van der Waals surface area contributed by atoms with Crippen molar-refractivity contribution in [2.75, 3.05) is 13.2 Å². The van der Waals surface area contributed by atoms with Crippen LogP contribution < -0.4 is 0 Å². The van der Waals surface area contributed by atoms with E-state index in [1.54, 1.807) is 0 Å². The van der Waals surface area contributed by atoms with Crippen molar-refractivity contribution in [3.8, 4) is 0 Å². The molecule has 1 rings (SSSR count). The van der Waals surface area contributed by atoms with Gasteiger partial charge in [-0.25, -0.2) is 14.6 Å². The van der Waals surface area contributed by atoms with Crippen LogP contribution in [0.3, 0.4) is 0 Å². The van der Waals surface area contributed by atoms with Crippen LogP contribution in [0.2, 0.25) is 0 Å². The lowest BCUT2D eigenvalue weighted by molar-refractivity contribution is -0.151. The van der Waals surface area contributed by atoms with Crippen LogP contribution in [0.4, 0.5) is 26.3 Å². The second-order valence-electron chi connectivity index (χ2n) is 5.83. The molecule has 29 heavy (non-hydrogen) atoms. The fourth-order valence-electron chi connectivity index (χ4n) is 2.69. The highest BCUT2D eigenvalue weighted by Gasteiger charge is 2.48. The average molecular weight is 427 g/mol. The molecule has 1 unspecified atom stereocenters. The molecule has 11 heteroatoms. The number of esters is 2. The molecule has 1 aromatic heterocycles. The summed E-state index contributed by atoms with van der Waals surface area (Å²) in [6.07, 6.45) is -9.73. The van der Waals surface area contributed by atoms with Crippen molar-refractivity contribution in [1.82, 2.24) is 4.98 Å². The number of alkyl halides is 6. The third-order valence-corrected chi connectivity index (χ3v) is 3.75. The molecule has 0 N–H and O–H groups in total. The van der Waals surface area contributed by atoms with Crippen molar-refractivity contribution in [1.29, 1.82) is 0 Å². The van der Waals surface area contributed by atoms with Crippen LogP contribution in [0.5, 0.6) is 0 Å². The Hall–Kier alpha value is -2.59. The van der Waals surface area contributed by atoms with Gasteiger partial charge in [0, 0.05) is 0 Å². The van der Waals surface area contributed by atoms with Gasteiger partial charge in [0.1, 0.15) is 0 Å². The Bertz CT molecular complexity index is 732. The monoisotopic (exact) mass is 427 g/mol. The van der Waals surface area contributed by atoms with Crippen LogP contribution >= 0.6 is 0 Å². The summed E-state index contributed by atoms with van der Waals surface area (Å²) < 4.78 is 90.5. The fourth-order valence-corrected chi connectivity index (χ4v) is 2.69. The van der Waals surface area contributed by atoms with Crippen molar-refractivity contribution >= 4 is 11.9 Å². The van der Waals surface area contributed by atoms with E-state index in [-0.39, 0.29) is 19.6 Å². The lowest BCUT2D eigenvalue weighted by Gasteiger charge is -2.24. The maximum Gasteiger partial charge on any atom is 0.434 e. The molecule has 0 aliphatic carbocycles. The Morgan fingerprint density at radius 2 is 1.34 bits per heavy atom. The quantitative estimate of drug-likeness (QED) is 0.342. The summed E-state index contributed by atoms with van der Waals surface area (Å²) in [6.45, 7) is 6.57. The number of allylic oxidation sites excluding steroid dienone is 1. The first-order valence-corrected chi connectivity index (χ1v) is 8.48. The highest BCUT2D eigenvalue weighted by atomic mass is 19.4. The summed E-state index contributed by atoms with van der Waals surface area (Å²) in [7, 11) is 0. The SMILES string of the molecule is C=CCC(C)c1c(C(=O)OCC)c(C(F)(F)F)nc(C(F)(F)F)c1C(=O)OCC. The minimum atomic E-state index is -5.42. The number of pyridine rings is 1. The van der Waals surface area contributed by atoms with Crippen LogP contribution in [-0.2, 0) is 21.8 Å². The summed E-state index contributed by atoms with van der Waals surface area (Å²) >= 11 is 0. The number of nitrogens with zero attached hydrogens (tertiary/aromatic N) is 1. The number of hydrogen-bond donors (Lipinski definition) is 0. The summed E-state index contributed by atoms with van der Waals surface area (Å²) in [5.41, 5.74) is -7.45. The van der Waals surface area contributed by atoms with Gasteiger partial charge in [-0.2, -0.15) is 26.3 Å². The van der Waals surface area contributed by atoms with Crippen molar-refractivity contribution in [2.24, 2.45) is 0 Å². The minimum Gasteiger partial charge on any atom is -0.462 e. The van der Waals surface area contributed by atoms with Gasteiger partial charge in [0.15, 0.2) is 11.4 Å². The number of halogens is 6. The predicted octanol–water partition coefficient (Wildman–Crippen LogP) is 5.15. The molecule has 5 nitrogen and oxygen atoms in total. The second kappa shape index (κ2) is 9.27. The molecule has 0 amide bonds. The van der Waals surface area contributed by atoms with E-state index in [9.17, 15) is 35.9 Å².